The van der Waals surface area contributed by atoms with Crippen molar-refractivity contribution in [1.29, 1.82) is 0 Å². The van der Waals surface area contributed by atoms with Gasteiger partial charge in [0.1, 0.15) is 24.4 Å². The summed E-state index contributed by atoms with van der Waals surface area (Å²) in [5.74, 6) is -1.77. The molecule has 9 heteroatoms. The van der Waals surface area contributed by atoms with Crippen LogP contribution in [0.5, 0.6) is 0 Å². The summed E-state index contributed by atoms with van der Waals surface area (Å²) in [5, 5.41) is 47.7. The van der Waals surface area contributed by atoms with Crippen molar-refractivity contribution in [3.05, 3.63) is 0 Å². The van der Waals surface area contributed by atoms with E-state index in [-0.39, 0.29) is 6.54 Å². The monoisotopic (exact) mass is 308 g/mol. The van der Waals surface area contributed by atoms with Crippen molar-refractivity contribution in [3.8, 4) is 0 Å². The lowest BCUT2D eigenvalue weighted by atomic mass is 10.0. The maximum Gasteiger partial charge on any atom is 0.320 e. The van der Waals surface area contributed by atoms with Gasteiger partial charge < -0.3 is 36.6 Å². The lowest BCUT2D eigenvalue weighted by Crippen LogP contribution is -2.46. The summed E-state index contributed by atoms with van der Waals surface area (Å²) in [6.45, 7) is -0.548. The Labute approximate surface area is 122 Å². The third-order valence-corrected chi connectivity index (χ3v) is 2.97. The molecule has 0 saturated carbocycles. The molecule has 0 aromatic rings. The summed E-state index contributed by atoms with van der Waals surface area (Å²) in [7, 11) is 0. The maximum absolute atomic E-state index is 11.5. The van der Waals surface area contributed by atoms with Gasteiger partial charge in [-0.05, 0) is 19.4 Å². The fourth-order valence-electron chi connectivity index (χ4n) is 1.56. The van der Waals surface area contributed by atoms with Crippen molar-refractivity contribution in [1.82, 2.24) is 5.32 Å². The zero-order chi connectivity index (χ0) is 16.4. The summed E-state index contributed by atoms with van der Waals surface area (Å²) in [5.41, 5.74) is 5.31. The minimum absolute atomic E-state index is 0.207. The van der Waals surface area contributed by atoms with Gasteiger partial charge in [0, 0.05) is 0 Å². The summed E-state index contributed by atoms with van der Waals surface area (Å²) < 4.78 is 0. The van der Waals surface area contributed by atoms with Crippen LogP contribution < -0.4 is 11.1 Å². The van der Waals surface area contributed by atoms with Crippen LogP contribution in [0, 0.1) is 0 Å². The maximum atomic E-state index is 11.5. The topological polar surface area (TPSA) is 173 Å². The second-order valence-corrected chi connectivity index (χ2v) is 4.77. The minimum Gasteiger partial charge on any atom is -0.480 e. The smallest absolute Gasteiger partial charge is 0.320 e. The van der Waals surface area contributed by atoms with E-state index in [0.29, 0.717) is 25.8 Å². The van der Waals surface area contributed by atoms with Gasteiger partial charge in [-0.2, -0.15) is 0 Å². The number of hydrogen-bond acceptors (Lipinski definition) is 8. The third kappa shape index (κ3) is 8.05. The van der Waals surface area contributed by atoms with Crippen molar-refractivity contribution in [2.24, 2.45) is 5.73 Å². The van der Waals surface area contributed by atoms with Crippen LogP contribution in [-0.2, 0) is 9.59 Å². The highest BCUT2D eigenvalue weighted by Crippen LogP contribution is 2.01. The number of carboxylic acid groups (broad SMARTS) is 1. The van der Waals surface area contributed by atoms with Gasteiger partial charge in [0.15, 0.2) is 5.78 Å². The lowest BCUT2D eigenvalue weighted by molar-refractivity contribution is -0.139. The van der Waals surface area contributed by atoms with E-state index in [1.807, 2.05) is 0 Å². The van der Waals surface area contributed by atoms with Gasteiger partial charge in [-0.3, -0.25) is 9.59 Å². The molecule has 21 heavy (non-hydrogen) atoms. The largest absolute Gasteiger partial charge is 0.480 e. The Hall–Kier alpha value is -1.10. The molecule has 0 heterocycles. The highest BCUT2D eigenvalue weighted by molar-refractivity contribution is 5.85. The quantitative estimate of drug-likeness (QED) is 0.183. The van der Waals surface area contributed by atoms with E-state index in [4.69, 9.17) is 21.1 Å². The molecule has 0 fully saturated rings. The number of Topliss-reactive ketones (excluding diaryl/α,β-unsaturated/α-hetero) is 1. The number of aliphatic carboxylic acids is 1. The zero-order valence-electron chi connectivity index (χ0n) is 11.7. The van der Waals surface area contributed by atoms with Crippen LogP contribution in [0.15, 0.2) is 0 Å². The van der Waals surface area contributed by atoms with Gasteiger partial charge in [0.05, 0.1) is 13.2 Å². The Morgan fingerprint density at radius 3 is 2.29 bits per heavy atom. The third-order valence-electron chi connectivity index (χ3n) is 2.97. The van der Waals surface area contributed by atoms with E-state index in [1.165, 1.54) is 0 Å². The van der Waals surface area contributed by atoms with Gasteiger partial charge in [0.2, 0.25) is 0 Å². The molecule has 0 bridgehead atoms. The van der Waals surface area contributed by atoms with Crippen molar-refractivity contribution >= 4 is 11.8 Å². The minimum atomic E-state index is -1.78. The number of hydrogen-bond donors (Lipinski definition) is 7. The van der Waals surface area contributed by atoms with Crippen molar-refractivity contribution in [3.63, 3.8) is 0 Å². The first-order valence-electron chi connectivity index (χ1n) is 6.68. The number of rotatable bonds is 12. The highest BCUT2D eigenvalue weighted by Gasteiger charge is 2.29. The van der Waals surface area contributed by atoms with Crippen molar-refractivity contribution in [2.45, 2.75) is 43.6 Å². The molecule has 3 unspecified atom stereocenters. The summed E-state index contributed by atoms with van der Waals surface area (Å²) in [6.07, 6.45) is -3.59. The normalized spacial score (nSPS) is 17.0. The molecule has 0 aliphatic rings. The zero-order valence-corrected chi connectivity index (χ0v) is 11.7. The Kier molecular flexibility index (Phi) is 10.0. The van der Waals surface area contributed by atoms with Crippen LogP contribution in [0.4, 0.5) is 0 Å². The Morgan fingerprint density at radius 2 is 1.76 bits per heavy atom. The van der Waals surface area contributed by atoms with Crippen molar-refractivity contribution < 1.29 is 35.1 Å². The van der Waals surface area contributed by atoms with E-state index >= 15 is 0 Å². The molecule has 0 aliphatic heterocycles. The van der Waals surface area contributed by atoms with Crippen LogP contribution in [0.3, 0.4) is 0 Å². The molecule has 0 amide bonds. The highest BCUT2D eigenvalue weighted by atomic mass is 16.4. The standard InChI is InChI=1S/C12H24N2O7/c13-7(12(20)21)3-1-2-4-14-5-8(16)10(18)11(19)9(17)6-15/h7,9-11,14-15,17-19H,1-6,13H2,(H,20,21)/t7?,9-,10?,11?/m0/s1. The number of carbonyl (C=O) groups excluding carboxylic acids is 1. The second-order valence-electron chi connectivity index (χ2n) is 4.77. The number of carboxylic acids is 1. The van der Waals surface area contributed by atoms with E-state index in [2.05, 4.69) is 5.32 Å². The van der Waals surface area contributed by atoms with Gasteiger partial charge in [-0.15, -0.1) is 0 Å². The number of unbranched alkanes of at least 4 members (excludes halogenated alkanes) is 1. The van der Waals surface area contributed by atoms with Crippen LogP contribution in [0.1, 0.15) is 19.3 Å². The average Bonchev–Trinajstić information content (AvgIpc) is 2.47. The first kappa shape index (κ1) is 19.9. The van der Waals surface area contributed by atoms with Crippen LogP contribution >= 0.6 is 0 Å². The average molecular weight is 308 g/mol. The first-order chi connectivity index (χ1) is 9.81. The van der Waals surface area contributed by atoms with Crippen molar-refractivity contribution in [2.75, 3.05) is 19.7 Å². The summed E-state index contributed by atoms with van der Waals surface area (Å²) in [4.78, 5) is 21.9. The molecule has 124 valence electrons. The number of nitrogens with one attached hydrogen (secondary N) is 1. The van der Waals surface area contributed by atoms with Crippen LogP contribution in [0.25, 0.3) is 0 Å². The molecule has 0 rings (SSSR count). The molecule has 8 N–H and O–H groups in total. The number of nitrogens with two attached hydrogens (primary N) is 1. The predicted octanol–water partition coefficient (Wildman–Crippen LogP) is -3.20. The molecule has 9 nitrogen and oxygen atoms in total. The fourth-order valence-corrected chi connectivity index (χ4v) is 1.56. The summed E-state index contributed by atoms with van der Waals surface area (Å²) >= 11 is 0. The van der Waals surface area contributed by atoms with E-state index in [1.54, 1.807) is 0 Å². The Balaban J connectivity index is 3.77. The van der Waals surface area contributed by atoms with Gasteiger partial charge in [-0.25, -0.2) is 0 Å². The van der Waals surface area contributed by atoms with Crippen LogP contribution in [0.2, 0.25) is 0 Å². The number of ketones is 1. The molecule has 0 aliphatic carbocycles. The van der Waals surface area contributed by atoms with Gasteiger partial charge in [0.25, 0.3) is 0 Å². The molecule has 0 aromatic heterocycles. The van der Waals surface area contributed by atoms with E-state index in [9.17, 15) is 19.8 Å². The summed E-state index contributed by atoms with van der Waals surface area (Å²) in [6, 6.07) is -0.899. The van der Waals surface area contributed by atoms with E-state index in [0.717, 1.165) is 0 Å². The Bertz CT molecular complexity index is 327. The predicted molar refractivity (Wildman–Crippen MR) is 72.4 cm³/mol. The molecule has 0 saturated heterocycles. The molecule has 0 radical (unpaired) electrons. The van der Waals surface area contributed by atoms with Crippen LogP contribution in [-0.4, -0.2) is 81.3 Å². The number of carbonyl (C=O) groups is 2. The SMILES string of the molecule is NC(CCCCNCC(=O)C(O)C(O)[C@@H](O)CO)C(=O)O. The Morgan fingerprint density at radius 1 is 1.14 bits per heavy atom. The molecule has 0 spiro atoms. The second kappa shape index (κ2) is 10.6. The molecular weight excluding hydrogens is 284 g/mol. The van der Waals surface area contributed by atoms with Gasteiger partial charge >= 0.3 is 5.97 Å². The molecular formula is C12H24N2O7. The molecule has 0 aromatic carbocycles. The van der Waals surface area contributed by atoms with E-state index < -0.39 is 42.7 Å². The first-order valence-corrected chi connectivity index (χ1v) is 6.68. The molecule has 4 atom stereocenters. The fraction of sp³-hybridized carbons (Fsp3) is 0.833. The van der Waals surface area contributed by atoms with Gasteiger partial charge in [-0.1, -0.05) is 6.42 Å². The number of aliphatic hydroxyl groups is 4. The number of aliphatic hydroxyl groups excluding tert-OH is 4. The lowest BCUT2D eigenvalue weighted by Gasteiger charge is -2.20.